The molecule has 2 aromatic carbocycles. The first-order valence-electron chi connectivity index (χ1n) is 20.7. The van der Waals surface area contributed by atoms with Gasteiger partial charge in [0, 0.05) is 22.6 Å². The standard InChI is InChI=1S/C47H60FO13/c1-9-11-12-14-32-16-18-34(19-17-32)35-20-21-37(39(48)24-35)38-23-36(15-13-22-57-41(49)30(3)4)40(25-33(38)10-2)58-26-47(27-59-42(50)31(5)6,28-60-45(53)43(51)55-7)29-61-46(54)44(52)56-8/h20-21,23-25,32H,3,5,9-19,22,26-29H2,1-2,4,6-8H3. The van der Waals surface area contributed by atoms with Crippen LogP contribution in [0.5, 0.6) is 5.75 Å². The third-order valence-electron chi connectivity index (χ3n) is 10.5. The minimum Gasteiger partial charge on any atom is -0.492 e. The Kier molecular flexibility index (Phi) is 20.1. The van der Waals surface area contributed by atoms with Gasteiger partial charge >= 0.3 is 35.8 Å². The van der Waals surface area contributed by atoms with Crippen LogP contribution in [0.25, 0.3) is 11.1 Å². The van der Waals surface area contributed by atoms with Gasteiger partial charge in [0.25, 0.3) is 0 Å². The Balaban J connectivity index is 2.05. The van der Waals surface area contributed by atoms with Gasteiger partial charge in [0.1, 0.15) is 43.4 Å². The van der Waals surface area contributed by atoms with Crippen molar-refractivity contribution in [3.8, 4) is 16.9 Å². The third kappa shape index (κ3) is 15.2. The molecule has 1 saturated carbocycles. The molecule has 0 atom stereocenters. The van der Waals surface area contributed by atoms with Crippen molar-refractivity contribution in [3.63, 3.8) is 0 Å². The van der Waals surface area contributed by atoms with Crippen molar-refractivity contribution in [2.75, 3.05) is 47.3 Å². The Morgan fingerprint density at radius 3 is 1.79 bits per heavy atom. The molecule has 0 saturated heterocycles. The summed E-state index contributed by atoms with van der Waals surface area (Å²) in [6, 6.07) is 8.91. The normalized spacial score (nSPS) is 13.1. The lowest BCUT2D eigenvalue weighted by Crippen LogP contribution is -2.45. The van der Waals surface area contributed by atoms with Crippen LogP contribution in [0.1, 0.15) is 102 Å². The predicted octanol–water partition coefficient (Wildman–Crippen LogP) is 7.72. The number of halogens is 1. The summed E-state index contributed by atoms with van der Waals surface area (Å²) in [5, 5.41) is 0. The van der Waals surface area contributed by atoms with Crippen LogP contribution in [0.2, 0.25) is 0 Å². The Labute approximate surface area is 358 Å². The smallest absolute Gasteiger partial charge is 0.417 e. The van der Waals surface area contributed by atoms with Crippen molar-refractivity contribution < 1.29 is 66.3 Å². The van der Waals surface area contributed by atoms with Crippen molar-refractivity contribution in [1.82, 2.24) is 0 Å². The summed E-state index contributed by atoms with van der Waals surface area (Å²) < 4.78 is 52.8. The molecule has 14 heteroatoms. The number of hydrogen-bond acceptors (Lipinski definition) is 13. The van der Waals surface area contributed by atoms with E-state index in [1.807, 2.05) is 13.0 Å². The topological polar surface area (TPSA) is 167 Å². The molecule has 0 aliphatic heterocycles. The van der Waals surface area contributed by atoms with Crippen molar-refractivity contribution in [2.24, 2.45) is 11.3 Å². The van der Waals surface area contributed by atoms with E-state index in [1.54, 1.807) is 24.3 Å². The fraction of sp³-hybridized carbons (Fsp3) is 0.511. The van der Waals surface area contributed by atoms with E-state index >= 15 is 4.39 Å². The molecule has 0 heterocycles. The molecule has 0 bridgehead atoms. The Bertz CT molecular complexity index is 1860. The second-order valence-electron chi connectivity index (χ2n) is 15.5. The summed E-state index contributed by atoms with van der Waals surface area (Å²) >= 11 is 0. The molecule has 0 spiro atoms. The number of ether oxygens (including phenoxy) is 7. The lowest BCUT2D eigenvalue weighted by atomic mass is 9.76. The van der Waals surface area contributed by atoms with Crippen LogP contribution in [0.3, 0.4) is 0 Å². The Morgan fingerprint density at radius 2 is 1.26 bits per heavy atom. The molecular formula is C47H60FO13. The fourth-order valence-corrected chi connectivity index (χ4v) is 6.87. The number of rotatable bonds is 22. The highest BCUT2D eigenvalue weighted by atomic mass is 19.1. The van der Waals surface area contributed by atoms with Crippen molar-refractivity contribution in [3.05, 3.63) is 83.1 Å². The van der Waals surface area contributed by atoms with E-state index in [-0.39, 0.29) is 35.7 Å². The molecule has 0 unspecified atom stereocenters. The number of carbonyl (C=O) groups excluding carboxylic acids is 6. The van der Waals surface area contributed by atoms with Crippen LogP contribution >= 0.6 is 0 Å². The van der Waals surface area contributed by atoms with E-state index in [1.165, 1.54) is 45.4 Å². The monoisotopic (exact) mass is 851 g/mol. The van der Waals surface area contributed by atoms with E-state index < -0.39 is 67.7 Å². The molecule has 3 rings (SSSR count). The molecule has 61 heavy (non-hydrogen) atoms. The van der Waals surface area contributed by atoms with E-state index in [9.17, 15) is 28.8 Å². The average molecular weight is 852 g/mol. The maximum atomic E-state index is 16.3. The first-order valence-corrected chi connectivity index (χ1v) is 20.7. The minimum atomic E-state index is -1.73. The lowest BCUT2D eigenvalue weighted by molar-refractivity contribution is -0.177. The van der Waals surface area contributed by atoms with Gasteiger partial charge in [0.2, 0.25) is 0 Å². The highest BCUT2D eigenvalue weighted by molar-refractivity contribution is 6.30. The molecule has 1 fully saturated rings. The highest BCUT2D eigenvalue weighted by Gasteiger charge is 2.39. The average Bonchev–Trinajstić information content (AvgIpc) is 3.26. The van der Waals surface area contributed by atoms with Crippen LogP contribution < -0.4 is 4.74 Å². The van der Waals surface area contributed by atoms with E-state index in [0.717, 1.165) is 45.5 Å². The quantitative estimate of drug-likeness (QED) is 0.0372. The van der Waals surface area contributed by atoms with E-state index in [0.29, 0.717) is 41.0 Å². The summed E-state index contributed by atoms with van der Waals surface area (Å²) in [7, 11) is 1.95. The van der Waals surface area contributed by atoms with E-state index in [2.05, 4.69) is 29.6 Å². The molecule has 1 aliphatic carbocycles. The fourth-order valence-electron chi connectivity index (χ4n) is 6.87. The summed E-state index contributed by atoms with van der Waals surface area (Å²) in [5.41, 5.74) is 1.73. The van der Waals surface area contributed by atoms with Gasteiger partial charge in [-0.25, -0.2) is 33.2 Å². The number of aryl methyl sites for hydroxylation is 2. The summed E-state index contributed by atoms with van der Waals surface area (Å²) in [6.07, 6.45) is 10.1. The molecular weight excluding hydrogens is 792 g/mol. The number of esters is 6. The molecule has 1 aliphatic rings. The van der Waals surface area contributed by atoms with Gasteiger partial charge in [-0.15, -0.1) is 0 Å². The lowest BCUT2D eigenvalue weighted by Gasteiger charge is -2.32. The van der Waals surface area contributed by atoms with Crippen LogP contribution in [0.15, 0.2) is 54.6 Å². The molecule has 333 valence electrons. The van der Waals surface area contributed by atoms with Crippen LogP contribution in [-0.4, -0.2) is 83.1 Å². The van der Waals surface area contributed by atoms with Gasteiger partial charge in [-0.3, -0.25) is 0 Å². The third-order valence-corrected chi connectivity index (χ3v) is 10.5. The van der Waals surface area contributed by atoms with Crippen LogP contribution in [-0.2, 0) is 70.0 Å². The second-order valence-corrected chi connectivity index (χ2v) is 15.5. The molecule has 0 amide bonds. The van der Waals surface area contributed by atoms with E-state index in [4.69, 9.17) is 23.7 Å². The van der Waals surface area contributed by atoms with Crippen molar-refractivity contribution >= 4 is 35.8 Å². The summed E-state index contributed by atoms with van der Waals surface area (Å²) in [6.45, 7) is 11.7. The predicted molar refractivity (Wildman–Crippen MR) is 223 cm³/mol. The summed E-state index contributed by atoms with van der Waals surface area (Å²) in [5.74, 6) is -4.99. The molecule has 0 N–H and O–H groups in total. The van der Waals surface area contributed by atoms with Gasteiger partial charge in [-0.1, -0.05) is 64.8 Å². The van der Waals surface area contributed by atoms with Gasteiger partial charge in [0.15, 0.2) is 0 Å². The molecule has 1 radical (unpaired) electrons. The Morgan fingerprint density at radius 1 is 0.689 bits per heavy atom. The van der Waals surface area contributed by atoms with Crippen LogP contribution in [0.4, 0.5) is 4.39 Å². The van der Waals surface area contributed by atoms with Gasteiger partial charge < -0.3 is 33.2 Å². The second kappa shape index (κ2) is 24.7. The summed E-state index contributed by atoms with van der Waals surface area (Å²) in [4.78, 5) is 73.6. The zero-order valence-corrected chi connectivity index (χ0v) is 36.4. The maximum Gasteiger partial charge on any atom is 0.417 e. The SMILES string of the molecule is C=C(C)C(=O)OCCCc1cc(-c2ccc([C]3CCC(CCCCC)CC3)cc2F)c(CC)cc1OCC(COC(=O)C(=C)C)(COC(=O)C(=O)OC)COC(=O)C(=O)OC. The van der Waals surface area contributed by atoms with Crippen molar-refractivity contribution in [1.29, 1.82) is 0 Å². The number of unbranched alkanes of at least 4 members (excludes halogenated alkanes) is 2. The minimum absolute atomic E-state index is 0.0229. The van der Waals surface area contributed by atoms with Gasteiger partial charge in [-0.2, -0.15) is 0 Å². The first kappa shape index (κ1) is 49.8. The number of benzene rings is 2. The Hall–Kier alpha value is -5.53. The van der Waals surface area contributed by atoms with Gasteiger partial charge in [0.05, 0.1) is 20.8 Å². The largest absolute Gasteiger partial charge is 0.492 e. The maximum absolute atomic E-state index is 16.3. The number of carbonyl (C=O) groups is 6. The molecule has 0 aromatic heterocycles. The van der Waals surface area contributed by atoms with Gasteiger partial charge in [-0.05, 0) is 105 Å². The zero-order valence-electron chi connectivity index (χ0n) is 36.4. The van der Waals surface area contributed by atoms with Crippen LogP contribution in [0, 0.1) is 23.1 Å². The number of methoxy groups -OCH3 is 2. The first-order chi connectivity index (χ1) is 29.1. The molecule has 2 aromatic rings. The number of hydrogen-bond donors (Lipinski definition) is 0. The van der Waals surface area contributed by atoms with Crippen molar-refractivity contribution in [2.45, 2.75) is 98.3 Å². The highest BCUT2D eigenvalue weighted by Crippen LogP contribution is 2.40. The molecule has 13 nitrogen and oxygen atoms in total. The zero-order chi connectivity index (χ0) is 45.1.